The number of rotatable bonds is 2. The molecule has 0 aromatic heterocycles. The summed E-state index contributed by atoms with van der Waals surface area (Å²) in [6.45, 7) is 0.635. The van der Waals surface area contributed by atoms with Gasteiger partial charge in [-0.1, -0.05) is 0 Å². The number of hydrogen-bond acceptors (Lipinski definition) is 3. The van der Waals surface area contributed by atoms with E-state index in [1.165, 1.54) is 0 Å². The lowest BCUT2D eigenvalue weighted by Crippen LogP contribution is -2.36. The van der Waals surface area contributed by atoms with Crippen molar-refractivity contribution in [2.24, 2.45) is 0 Å². The highest BCUT2D eigenvalue weighted by atomic mass is 19.4. The Morgan fingerprint density at radius 3 is 1.86 bits per heavy atom. The molecule has 0 heterocycles. The summed E-state index contributed by atoms with van der Waals surface area (Å²) in [6.07, 6.45) is -11.7. The van der Waals surface area contributed by atoms with Crippen molar-refractivity contribution in [3.63, 3.8) is 0 Å². The zero-order valence-electron chi connectivity index (χ0n) is 6.77. The van der Waals surface area contributed by atoms with Crippen LogP contribution < -0.4 is 0 Å². The van der Waals surface area contributed by atoms with E-state index < -0.39 is 30.5 Å². The van der Waals surface area contributed by atoms with Crippen molar-refractivity contribution in [3.05, 3.63) is 0 Å². The van der Waals surface area contributed by atoms with Gasteiger partial charge in [0, 0.05) is 0 Å². The van der Waals surface area contributed by atoms with Gasteiger partial charge in [-0.3, -0.25) is 0 Å². The molecule has 0 fully saturated rings. The molecule has 0 N–H and O–H groups in total. The van der Waals surface area contributed by atoms with Gasteiger partial charge in [-0.25, -0.2) is 18.4 Å². The quantitative estimate of drug-likeness (QED) is 0.400. The van der Waals surface area contributed by atoms with Crippen molar-refractivity contribution in [1.82, 2.24) is 0 Å². The van der Waals surface area contributed by atoms with Crippen LogP contribution in [0.2, 0.25) is 0 Å². The third-order valence-electron chi connectivity index (χ3n) is 1.02. The predicted molar refractivity (Wildman–Crippen MR) is 32.6 cm³/mol. The number of esters is 2. The highest BCUT2D eigenvalue weighted by Crippen LogP contribution is 2.23. The molecular formula is C6H5F5O3. The van der Waals surface area contributed by atoms with Gasteiger partial charge in [0.05, 0.1) is 0 Å². The van der Waals surface area contributed by atoms with E-state index >= 15 is 0 Å². The highest BCUT2D eigenvalue weighted by molar-refractivity contribution is 5.90. The smallest absolute Gasteiger partial charge is 0.389 e. The Balaban J connectivity index is 4.30. The van der Waals surface area contributed by atoms with Crippen molar-refractivity contribution in [2.75, 3.05) is 0 Å². The van der Waals surface area contributed by atoms with E-state index in [-0.39, 0.29) is 0 Å². The number of carbonyl (C=O) groups is 2. The molecule has 2 unspecified atom stereocenters. The van der Waals surface area contributed by atoms with Crippen LogP contribution in [0.1, 0.15) is 6.92 Å². The first-order valence-corrected chi connectivity index (χ1v) is 3.26. The van der Waals surface area contributed by atoms with Gasteiger partial charge in [0.1, 0.15) is 0 Å². The summed E-state index contributed by atoms with van der Waals surface area (Å²) in [6, 6.07) is 0. The zero-order chi connectivity index (χ0) is 11.5. The van der Waals surface area contributed by atoms with E-state index in [1.807, 2.05) is 0 Å². The maximum atomic E-state index is 12.1. The lowest BCUT2D eigenvalue weighted by Gasteiger charge is -2.10. The molecule has 82 valence electrons. The zero-order valence-corrected chi connectivity index (χ0v) is 6.77. The van der Waals surface area contributed by atoms with Gasteiger partial charge in [-0.2, -0.15) is 13.2 Å². The predicted octanol–water partition coefficient (Wildman–Crippen LogP) is 1.31. The Kier molecular flexibility index (Phi) is 3.96. The Morgan fingerprint density at radius 1 is 1.14 bits per heavy atom. The summed E-state index contributed by atoms with van der Waals surface area (Å²) < 4.78 is 61.7. The lowest BCUT2D eigenvalue weighted by atomic mass is 10.4. The van der Waals surface area contributed by atoms with Crippen LogP contribution in [0.25, 0.3) is 0 Å². The van der Waals surface area contributed by atoms with E-state index in [1.54, 1.807) is 0 Å². The van der Waals surface area contributed by atoms with Crippen LogP contribution in [-0.2, 0) is 14.3 Å². The van der Waals surface area contributed by atoms with Gasteiger partial charge in [-0.15, -0.1) is 0 Å². The average molecular weight is 220 g/mol. The van der Waals surface area contributed by atoms with Gasteiger partial charge in [0.25, 0.3) is 6.17 Å². The fraction of sp³-hybridized carbons (Fsp3) is 0.667. The Hall–Kier alpha value is -1.21. The van der Waals surface area contributed by atoms with Crippen LogP contribution in [0.15, 0.2) is 0 Å². The minimum Gasteiger partial charge on any atom is -0.389 e. The van der Waals surface area contributed by atoms with Crippen molar-refractivity contribution in [1.29, 1.82) is 0 Å². The Bertz CT molecular complexity index is 234. The van der Waals surface area contributed by atoms with Crippen LogP contribution in [-0.4, -0.2) is 30.5 Å². The summed E-state index contributed by atoms with van der Waals surface area (Å²) >= 11 is 0. The van der Waals surface area contributed by atoms with E-state index in [0.29, 0.717) is 6.92 Å². The molecule has 0 aliphatic rings. The fourth-order valence-electron chi connectivity index (χ4n) is 0.366. The molecule has 14 heavy (non-hydrogen) atoms. The fourth-order valence-corrected chi connectivity index (χ4v) is 0.366. The summed E-state index contributed by atoms with van der Waals surface area (Å²) in [5, 5.41) is 0. The Morgan fingerprint density at radius 2 is 1.57 bits per heavy atom. The van der Waals surface area contributed by atoms with Crippen LogP contribution in [0.4, 0.5) is 22.0 Å². The van der Waals surface area contributed by atoms with Crippen LogP contribution in [0, 0.1) is 0 Å². The normalized spacial score (nSPS) is 15.9. The van der Waals surface area contributed by atoms with Gasteiger partial charge >= 0.3 is 18.1 Å². The highest BCUT2D eigenvalue weighted by Gasteiger charge is 2.47. The average Bonchev–Trinajstić information content (AvgIpc) is 2.00. The van der Waals surface area contributed by atoms with Gasteiger partial charge in [0.2, 0.25) is 0 Å². The molecule has 0 aromatic carbocycles. The summed E-state index contributed by atoms with van der Waals surface area (Å²) in [5.41, 5.74) is 0. The molecule has 0 radical (unpaired) electrons. The molecule has 0 aliphatic carbocycles. The van der Waals surface area contributed by atoms with Crippen molar-refractivity contribution < 1.29 is 36.3 Å². The molecule has 0 saturated heterocycles. The summed E-state index contributed by atoms with van der Waals surface area (Å²) in [4.78, 5) is 20.4. The van der Waals surface area contributed by atoms with E-state index in [4.69, 9.17) is 0 Å². The van der Waals surface area contributed by atoms with Crippen molar-refractivity contribution in [3.8, 4) is 0 Å². The second kappa shape index (κ2) is 4.34. The molecule has 0 amide bonds. The lowest BCUT2D eigenvalue weighted by molar-refractivity contribution is -0.202. The maximum absolute atomic E-state index is 12.1. The molecule has 0 aromatic rings. The van der Waals surface area contributed by atoms with Crippen LogP contribution >= 0.6 is 0 Å². The van der Waals surface area contributed by atoms with E-state index in [9.17, 15) is 31.5 Å². The third-order valence-corrected chi connectivity index (χ3v) is 1.02. The van der Waals surface area contributed by atoms with Gasteiger partial charge in [0.15, 0.2) is 6.17 Å². The van der Waals surface area contributed by atoms with Crippen LogP contribution in [0.5, 0.6) is 0 Å². The molecule has 8 heteroatoms. The molecule has 0 saturated carbocycles. The minimum atomic E-state index is -5.46. The molecular weight excluding hydrogens is 215 g/mol. The topological polar surface area (TPSA) is 43.4 Å². The molecule has 2 atom stereocenters. The van der Waals surface area contributed by atoms with Crippen LogP contribution in [0.3, 0.4) is 0 Å². The third kappa shape index (κ3) is 3.67. The second-order valence-corrected chi connectivity index (χ2v) is 2.26. The number of alkyl halides is 5. The number of halogens is 5. The van der Waals surface area contributed by atoms with Crippen molar-refractivity contribution >= 4 is 11.9 Å². The molecule has 0 spiro atoms. The number of ether oxygens (including phenoxy) is 1. The standard InChI is InChI=1S/C6H5F5O3/c1-2(7)4(12)14-5(13)3(8)6(9,10)11/h2-3H,1H3. The monoisotopic (exact) mass is 220 g/mol. The van der Waals surface area contributed by atoms with Gasteiger partial charge < -0.3 is 4.74 Å². The first-order chi connectivity index (χ1) is 6.16. The molecule has 0 rings (SSSR count). The summed E-state index contributed by atoms with van der Waals surface area (Å²) in [7, 11) is 0. The SMILES string of the molecule is CC(F)C(=O)OC(=O)C(F)C(F)(F)F. The number of carbonyl (C=O) groups excluding carboxylic acids is 2. The second-order valence-electron chi connectivity index (χ2n) is 2.26. The molecule has 3 nitrogen and oxygen atoms in total. The first-order valence-electron chi connectivity index (χ1n) is 3.26. The van der Waals surface area contributed by atoms with E-state index in [2.05, 4.69) is 4.74 Å². The minimum absolute atomic E-state index is 0.635. The van der Waals surface area contributed by atoms with Gasteiger partial charge in [-0.05, 0) is 6.92 Å². The largest absolute Gasteiger partial charge is 0.430 e. The van der Waals surface area contributed by atoms with E-state index in [0.717, 1.165) is 0 Å². The van der Waals surface area contributed by atoms with Crippen molar-refractivity contribution in [2.45, 2.75) is 25.4 Å². The molecule has 0 bridgehead atoms. The summed E-state index contributed by atoms with van der Waals surface area (Å²) in [5.74, 6) is -4.33. The maximum Gasteiger partial charge on any atom is 0.430 e. The Labute approximate surface area is 74.8 Å². The number of hydrogen-bond donors (Lipinski definition) is 0. The first kappa shape index (κ1) is 12.8. The molecule has 0 aliphatic heterocycles.